The lowest BCUT2D eigenvalue weighted by atomic mass is 10.1. The van der Waals surface area contributed by atoms with Gasteiger partial charge in [-0.2, -0.15) is 0 Å². The Balaban J connectivity index is 0. The zero-order valence-corrected chi connectivity index (χ0v) is 5.19. The molecule has 0 aromatic carbocycles. The van der Waals surface area contributed by atoms with Crippen LogP contribution in [0.25, 0.3) is 0 Å². The van der Waals surface area contributed by atoms with Crippen LogP contribution in [0.2, 0.25) is 0 Å². The van der Waals surface area contributed by atoms with Gasteiger partial charge in [-0.1, -0.05) is 13.8 Å². The minimum absolute atomic E-state index is 0. The monoisotopic (exact) mass is 103 g/mol. The largest absolute Gasteiger partial charge is 0.300 e. The molecule has 1 heteroatoms. The summed E-state index contributed by atoms with van der Waals surface area (Å²) in [5, 5.41) is 0. The predicted octanol–water partition coefficient (Wildman–Crippen LogP) is 1.87. The Hall–Kier alpha value is -0.330. The maximum atomic E-state index is 10.4. The Morgan fingerprint density at radius 2 is 2.29 bits per heavy atom. The van der Waals surface area contributed by atoms with E-state index in [1.54, 1.807) is 6.92 Å². The van der Waals surface area contributed by atoms with E-state index in [4.69, 9.17) is 0 Å². The van der Waals surface area contributed by atoms with Crippen LogP contribution in [-0.4, -0.2) is 5.78 Å². The van der Waals surface area contributed by atoms with Crippen LogP contribution in [-0.2, 0) is 4.79 Å². The smallest absolute Gasteiger partial charge is 0.132 e. The maximum Gasteiger partial charge on any atom is 0.132 e. The average Bonchev–Trinajstić information content (AvgIpc) is 1.65. The zero-order chi connectivity index (χ0) is 5.86. The second-order valence-electron chi connectivity index (χ2n) is 1.92. The van der Waals surface area contributed by atoms with E-state index in [0.717, 1.165) is 6.42 Å². The van der Waals surface area contributed by atoms with Crippen LogP contribution in [0.4, 0.5) is 0 Å². The van der Waals surface area contributed by atoms with Crippen molar-refractivity contribution in [2.75, 3.05) is 0 Å². The van der Waals surface area contributed by atoms with E-state index in [0.29, 0.717) is 5.78 Å². The van der Waals surface area contributed by atoms with Crippen LogP contribution in [0.1, 0.15) is 28.6 Å². The van der Waals surface area contributed by atoms with E-state index in [1.165, 1.54) is 0 Å². The fourth-order valence-electron chi connectivity index (χ4n) is 0.287. The third-order valence-corrected chi connectivity index (χ3v) is 1.31. The molecule has 0 aliphatic heterocycles. The molecule has 0 aromatic heterocycles. The molecule has 0 heterocycles. The third-order valence-electron chi connectivity index (χ3n) is 1.31. The summed E-state index contributed by atoms with van der Waals surface area (Å²) in [5.41, 5.74) is 0. The zero-order valence-electron chi connectivity index (χ0n) is 5.19. The number of rotatable bonds is 2. The molecule has 0 N–H and O–H groups in total. The molecule has 0 spiro atoms. The molecule has 0 aliphatic carbocycles. The summed E-state index contributed by atoms with van der Waals surface area (Å²) in [7, 11) is 0. The Labute approximate surface area is 46.2 Å². The van der Waals surface area contributed by atoms with Gasteiger partial charge in [0.2, 0.25) is 0 Å². The Bertz CT molecular complexity index is 70.9. The van der Waals surface area contributed by atoms with Gasteiger partial charge in [0.15, 0.2) is 0 Å². The quantitative estimate of drug-likeness (QED) is 0.521. The summed E-state index contributed by atoms with van der Waals surface area (Å²) >= 11 is 0. The lowest BCUT2D eigenvalue weighted by Gasteiger charge is -1.98. The van der Waals surface area contributed by atoms with Gasteiger partial charge in [-0.3, -0.25) is 4.79 Å². The molecule has 0 amide bonds. The summed E-state index contributed by atoms with van der Waals surface area (Å²) in [4.78, 5) is 10.4. The van der Waals surface area contributed by atoms with E-state index in [2.05, 4.69) is 0 Å². The minimum atomic E-state index is 0. The van der Waals surface area contributed by atoms with Gasteiger partial charge in [-0.05, 0) is 13.3 Å². The Morgan fingerprint density at radius 3 is 2.29 bits per heavy atom. The highest BCUT2D eigenvalue weighted by Gasteiger charge is 2.01. The van der Waals surface area contributed by atoms with E-state index in [9.17, 15) is 4.79 Å². The molecule has 0 bridgehead atoms. The first kappa shape index (κ1) is 6.67. The van der Waals surface area contributed by atoms with Crippen LogP contribution in [0, 0.1) is 5.92 Å². The van der Waals surface area contributed by atoms with Crippen LogP contribution < -0.4 is 0 Å². The van der Waals surface area contributed by atoms with Gasteiger partial charge in [-0.15, -0.1) is 0 Å². The van der Waals surface area contributed by atoms with Gasteiger partial charge in [0, 0.05) is 7.34 Å². The number of carbonyl (C=O) groups excluding carboxylic acids is 1. The number of ketones is 1. The first-order valence-electron chi connectivity index (χ1n) is 2.69. The summed E-state index contributed by atoms with van der Waals surface area (Å²) in [6.07, 6.45) is 0.968. The minimum Gasteiger partial charge on any atom is -0.300 e. The fraction of sp³-hybridized carbons (Fsp3) is 0.833. The van der Waals surface area contributed by atoms with Crippen molar-refractivity contribution in [3.05, 3.63) is 0 Å². The van der Waals surface area contributed by atoms with Crippen molar-refractivity contribution in [1.82, 2.24) is 0 Å². The van der Waals surface area contributed by atoms with E-state index in [-0.39, 0.29) is 7.34 Å². The van der Waals surface area contributed by atoms with Gasteiger partial charge >= 0.3 is 0 Å². The molecular weight excluding hydrogens is 88.1 g/mol. The molecule has 0 fully saturated rings. The summed E-state index contributed by atoms with van der Waals surface area (Å²) in [6, 6.07) is 0. The molecule has 1 atom stereocenters. The highest BCUT2D eigenvalue weighted by atomic mass is 16.1. The lowest BCUT2D eigenvalue weighted by Crippen LogP contribution is -2.03. The number of Topliss-reactive ketones (excluding diaryl/α,β-unsaturated/α-hetero) is 1. The second-order valence-corrected chi connectivity index (χ2v) is 1.92. The van der Waals surface area contributed by atoms with Crippen LogP contribution in [0.3, 0.4) is 0 Å². The first-order chi connectivity index (χ1) is 3.18. The van der Waals surface area contributed by atoms with Crippen molar-refractivity contribution in [2.45, 2.75) is 27.2 Å². The van der Waals surface area contributed by atoms with Gasteiger partial charge in [0.25, 0.3) is 0 Å². The molecular formula is C6H14O. The van der Waals surface area contributed by atoms with Crippen molar-refractivity contribution in [1.29, 1.82) is 0 Å². The molecule has 0 rings (SSSR count). The van der Waals surface area contributed by atoms with Crippen LogP contribution in [0.15, 0.2) is 0 Å². The first-order valence-corrected chi connectivity index (χ1v) is 2.69. The maximum absolute atomic E-state index is 10.4. The van der Waals surface area contributed by atoms with Gasteiger partial charge in [0.1, 0.15) is 5.78 Å². The summed E-state index contributed by atoms with van der Waals surface area (Å²) in [5.74, 6) is 0.558. The number of hydrogen-bond donors (Lipinski definition) is 0. The van der Waals surface area contributed by atoms with Crippen LogP contribution >= 0.6 is 0 Å². The molecule has 0 saturated heterocycles. The van der Waals surface area contributed by atoms with Gasteiger partial charge in [-0.25, -0.2) is 0 Å². The van der Waals surface area contributed by atoms with Gasteiger partial charge in [0.05, 0.1) is 0 Å². The van der Waals surface area contributed by atoms with Crippen molar-refractivity contribution < 1.29 is 6.22 Å². The van der Waals surface area contributed by atoms with E-state index >= 15 is 0 Å². The number of carbonyl (C=O) groups is 1. The van der Waals surface area contributed by atoms with Crippen molar-refractivity contribution >= 4 is 5.78 Å². The molecule has 0 aliphatic rings. The van der Waals surface area contributed by atoms with E-state index < -0.39 is 0 Å². The Morgan fingerprint density at radius 1 is 1.86 bits per heavy atom. The van der Waals surface area contributed by atoms with Crippen molar-refractivity contribution in [3.8, 4) is 0 Å². The van der Waals surface area contributed by atoms with Gasteiger partial charge < -0.3 is 0 Å². The molecule has 7 heavy (non-hydrogen) atoms. The normalized spacial score (nSPS) is 13.6. The standard InChI is InChI=1S/C6H12O.H2/c1-4-5(2)6(3)7;/h5H,4H2,1-3H3;1H/i;1+1. The topological polar surface area (TPSA) is 17.1 Å². The summed E-state index contributed by atoms with van der Waals surface area (Å²) < 4.78 is 0. The molecule has 0 radical (unpaired) electrons. The van der Waals surface area contributed by atoms with Crippen LogP contribution in [0.5, 0.6) is 0 Å². The molecule has 0 saturated carbocycles. The predicted molar refractivity (Wildman–Crippen MR) is 32.2 cm³/mol. The molecule has 0 aromatic rings. The number of hydrogen-bond acceptors (Lipinski definition) is 1. The Kier molecular flexibility index (Phi) is 2.65. The lowest BCUT2D eigenvalue weighted by molar-refractivity contribution is -0.120. The molecule has 44 valence electrons. The van der Waals surface area contributed by atoms with E-state index in [1.807, 2.05) is 13.8 Å². The third kappa shape index (κ3) is 2.38. The summed E-state index contributed by atoms with van der Waals surface area (Å²) in [6.45, 7) is 5.60. The average molecular weight is 103 g/mol. The molecule has 1 unspecified atom stereocenters. The fourth-order valence-corrected chi connectivity index (χ4v) is 0.287. The highest BCUT2D eigenvalue weighted by Crippen LogP contribution is 1.99. The highest BCUT2D eigenvalue weighted by molar-refractivity contribution is 5.77. The SMILES string of the molecule is CCC(C)C(C)=O.[2HH]. The second kappa shape index (κ2) is 2.78. The molecule has 1 nitrogen and oxygen atoms in total. The van der Waals surface area contributed by atoms with Crippen molar-refractivity contribution in [3.63, 3.8) is 0 Å². The van der Waals surface area contributed by atoms with Crippen molar-refractivity contribution in [2.24, 2.45) is 5.92 Å².